The largest absolute Gasteiger partial charge is 0.385 e. The number of hydrazine groups is 1. The molecule has 4 nitrogen and oxygen atoms in total. The molecule has 0 bridgehead atoms. The second-order valence-electron chi connectivity index (χ2n) is 4.05. The quantitative estimate of drug-likeness (QED) is 0.395. The molecule has 0 atom stereocenters. The molecule has 0 radical (unpaired) electrons. The van der Waals surface area contributed by atoms with Crippen LogP contribution < -0.4 is 11.3 Å². The molecule has 5 heteroatoms. The van der Waals surface area contributed by atoms with Gasteiger partial charge in [0.2, 0.25) is 0 Å². The van der Waals surface area contributed by atoms with Crippen molar-refractivity contribution in [2.24, 2.45) is 5.84 Å². The van der Waals surface area contributed by atoms with E-state index >= 15 is 0 Å². The van der Waals surface area contributed by atoms with Crippen LogP contribution in [-0.2, 0) is 5.60 Å². The van der Waals surface area contributed by atoms with E-state index in [0.29, 0.717) is 18.4 Å². The molecule has 0 saturated heterocycles. The van der Waals surface area contributed by atoms with E-state index in [1.54, 1.807) is 0 Å². The molecule has 4 N–H and O–H groups in total. The van der Waals surface area contributed by atoms with Gasteiger partial charge in [-0.25, -0.2) is 10.2 Å². The number of hydrogen-bond acceptors (Lipinski definition) is 3. The van der Waals surface area contributed by atoms with E-state index in [1.165, 1.54) is 18.2 Å². The van der Waals surface area contributed by atoms with Crippen LogP contribution in [0.2, 0.25) is 0 Å². The third kappa shape index (κ3) is 1.68. The van der Waals surface area contributed by atoms with Crippen LogP contribution in [0.4, 0.5) is 4.39 Å². The summed E-state index contributed by atoms with van der Waals surface area (Å²) in [7, 11) is 0. The summed E-state index contributed by atoms with van der Waals surface area (Å²) in [5, 5.41) is 10.1. The maximum absolute atomic E-state index is 13.3. The van der Waals surface area contributed by atoms with Crippen molar-refractivity contribution in [3.63, 3.8) is 0 Å². The lowest BCUT2D eigenvalue weighted by Gasteiger charge is -2.37. The fourth-order valence-corrected chi connectivity index (χ4v) is 1.87. The van der Waals surface area contributed by atoms with Gasteiger partial charge in [-0.05, 0) is 37.0 Å². The molecule has 16 heavy (non-hydrogen) atoms. The van der Waals surface area contributed by atoms with Crippen molar-refractivity contribution < 1.29 is 14.3 Å². The molecule has 0 aliphatic heterocycles. The van der Waals surface area contributed by atoms with E-state index in [1.807, 2.05) is 5.43 Å². The summed E-state index contributed by atoms with van der Waals surface area (Å²) in [4.78, 5) is 11.3. The van der Waals surface area contributed by atoms with Crippen molar-refractivity contribution in [3.8, 4) is 0 Å². The van der Waals surface area contributed by atoms with Gasteiger partial charge in [-0.2, -0.15) is 0 Å². The molecule has 1 aromatic rings. The third-order valence-electron chi connectivity index (χ3n) is 3.06. The molecule has 1 fully saturated rings. The number of nitrogens with two attached hydrogens (primary N) is 1. The topological polar surface area (TPSA) is 75.3 Å². The first-order chi connectivity index (χ1) is 7.57. The number of halogens is 1. The zero-order valence-electron chi connectivity index (χ0n) is 8.66. The Hall–Kier alpha value is -1.46. The van der Waals surface area contributed by atoms with Crippen LogP contribution in [-0.4, -0.2) is 11.0 Å². The number of hydrogen-bond donors (Lipinski definition) is 3. The first kappa shape index (κ1) is 11.0. The number of nitrogens with one attached hydrogen (secondary N) is 1. The molecule has 1 amide bonds. The van der Waals surface area contributed by atoms with E-state index in [9.17, 15) is 14.3 Å². The Morgan fingerprint density at radius 3 is 2.69 bits per heavy atom. The van der Waals surface area contributed by atoms with Gasteiger partial charge < -0.3 is 5.11 Å². The minimum Gasteiger partial charge on any atom is -0.385 e. The SMILES string of the molecule is NNC(=O)c1cc(C2(O)CCC2)ccc1F. The lowest BCUT2D eigenvalue weighted by atomic mass is 9.75. The highest BCUT2D eigenvalue weighted by Crippen LogP contribution is 2.41. The van der Waals surface area contributed by atoms with Gasteiger partial charge in [0.05, 0.1) is 11.2 Å². The summed E-state index contributed by atoms with van der Waals surface area (Å²) >= 11 is 0. The highest BCUT2D eigenvalue weighted by atomic mass is 19.1. The van der Waals surface area contributed by atoms with Gasteiger partial charge in [0.25, 0.3) is 5.91 Å². The molecule has 0 heterocycles. The Bertz CT molecular complexity index is 430. The van der Waals surface area contributed by atoms with Gasteiger partial charge in [-0.1, -0.05) is 6.07 Å². The highest BCUT2D eigenvalue weighted by molar-refractivity contribution is 5.94. The van der Waals surface area contributed by atoms with Crippen molar-refractivity contribution in [2.75, 3.05) is 0 Å². The molecule has 1 saturated carbocycles. The normalized spacial score (nSPS) is 17.7. The number of rotatable bonds is 2. The Labute approximate surface area is 92.2 Å². The van der Waals surface area contributed by atoms with Crippen LogP contribution in [0.25, 0.3) is 0 Å². The zero-order valence-corrected chi connectivity index (χ0v) is 8.66. The van der Waals surface area contributed by atoms with Gasteiger partial charge in [0.15, 0.2) is 0 Å². The van der Waals surface area contributed by atoms with Crippen LogP contribution in [0.15, 0.2) is 18.2 Å². The van der Waals surface area contributed by atoms with Crippen molar-refractivity contribution in [2.45, 2.75) is 24.9 Å². The summed E-state index contributed by atoms with van der Waals surface area (Å²) in [5.74, 6) is 3.61. The summed E-state index contributed by atoms with van der Waals surface area (Å²) < 4.78 is 13.3. The molecule has 1 aliphatic rings. The van der Waals surface area contributed by atoms with E-state index in [-0.39, 0.29) is 5.56 Å². The molecule has 0 unspecified atom stereocenters. The minimum atomic E-state index is -0.905. The van der Waals surface area contributed by atoms with Gasteiger partial charge >= 0.3 is 0 Å². The average molecular weight is 224 g/mol. The van der Waals surface area contributed by atoms with E-state index in [0.717, 1.165) is 6.42 Å². The van der Waals surface area contributed by atoms with Gasteiger partial charge in [0, 0.05) is 0 Å². The third-order valence-corrected chi connectivity index (χ3v) is 3.06. The fourth-order valence-electron chi connectivity index (χ4n) is 1.87. The minimum absolute atomic E-state index is 0.139. The molecule has 2 rings (SSSR count). The Kier molecular flexibility index (Phi) is 2.65. The van der Waals surface area contributed by atoms with E-state index in [2.05, 4.69) is 0 Å². The summed E-state index contributed by atoms with van der Waals surface area (Å²) in [6.45, 7) is 0. The van der Waals surface area contributed by atoms with Crippen molar-refractivity contribution in [3.05, 3.63) is 35.1 Å². The maximum Gasteiger partial charge on any atom is 0.268 e. The number of carbonyl (C=O) groups is 1. The van der Waals surface area contributed by atoms with Crippen molar-refractivity contribution in [1.82, 2.24) is 5.43 Å². The first-order valence-corrected chi connectivity index (χ1v) is 5.10. The molecule has 1 aromatic carbocycles. The second kappa shape index (κ2) is 3.84. The lowest BCUT2D eigenvalue weighted by Crippen LogP contribution is -2.35. The van der Waals surface area contributed by atoms with E-state index < -0.39 is 17.3 Å². The number of amides is 1. The van der Waals surface area contributed by atoms with Crippen LogP contribution in [0.3, 0.4) is 0 Å². The smallest absolute Gasteiger partial charge is 0.268 e. The summed E-state index contributed by atoms with van der Waals surface area (Å²) in [6, 6.07) is 4.04. The Morgan fingerprint density at radius 2 is 2.19 bits per heavy atom. The molecular weight excluding hydrogens is 211 g/mol. The predicted octanol–water partition coefficient (Wildman–Crippen LogP) is 0.801. The molecule has 86 valence electrons. The molecule has 0 spiro atoms. The predicted molar refractivity (Wildman–Crippen MR) is 55.8 cm³/mol. The Balaban J connectivity index is 2.39. The number of benzene rings is 1. The molecule has 1 aliphatic carbocycles. The molecule has 0 aromatic heterocycles. The zero-order chi connectivity index (χ0) is 11.8. The highest BCUT2D eigenvalue weighted by Gasteiger charge is 2.36. The Morgan fingerprint density at radius 1 is 1.50 bits per heavy atom. The number of aliphatic hydroxyl groups is 1. The first-order valence-electron chi connectivity index (χ1n) is 5.10. The second-order valence-corrected chi connectivity index (χ2v) is 4.05. The molecular formula is C11H13FN2O2. The van der Waals surface area contributed by atoms with Crippen molar-refractivity contribution in [1.29, 1.82) is 0 Å². The van der Waals surface area contributed by atoms with Crippen LogP contribution in [0.1, 0.15) is 35.2 Å². The summed E-state index contributed by atoms with van der Waals surface area (Å²) in [5.41, 5.74) is 1.40. The van der Waals surface area contributed by atoms with Crippen LogP contribution in [0, 0.1) is 5.82 Å². The van der Waals surface area contributed by atoms with Gasteiger partial charge in [-0.15, -0.1) is 0 Å². The monoisotopic (exact) mass is 224 g/mol. The number of nitrogen functional groups attached to an aromatic ring is 1. The maximum atomic E-state index is 13.3. The van der Waals surface area contributed by atoms with Gasteiger partial charge in [-0.3, -0.25) is 10.2 Å². The summed E-state index contributed by atoms with van der Waals surface area (Å²) in [6.07, 6.45) is 2.22. The van der Waals surface area contributed by atoms with E-state index in [4.69, 9.17) is 5.84 Å². The number of carbonyl (C=O) groups excluding carboxylic acids is 1. The lowest BCUT2D eigenvalue weighted by molar-refractivity contribution is -0.0388. The van der Waals surface area contributed by atoms with Crippen molar-refractivity contribution >= 4 is 5.91 Å². The van der Waals surface area contributed by atoms with Crippen LogP contribution >= 0.6 is 0 Å². The van der Waals surface area contributed by atoms with Crippen LogP contribution in [0.5, 0.6) is 0 Å². The van der Waals surface area contributed by atoms with Gasteiger partial charge in [0.1, 0.15) is 5.82 Å². The average Bonchev–Trinajstić information content (AvgIpc) is 2.25. The standard InChI is InChI=1S/C11H13FN2O2/c12-9-3-2-7(11(16)4-1-5-11)6-8(9)10(15)14-13/h2-3,6,16H,1,4-5,13H2,(H,14,15). The fraction of sp³-hybridized carbons (Fsp3) is 0.364.